The summed E-state index contributed by atoms with van der Waals surface area (Å²) < 4.78 is 0. The summed E-state index contributed by atoms with van der Waals surface area (Å²) in [5, 5.41) is 8.69. The topological polar surface area (TPSA) is 57.6 Å². The van der Waals surface area contributed by atoms with E-state index in [9.17, 15) is 9.59 Å². The summed E-state index contributed by atoms with van der Waals surface area (Å²) >= 11 is 0. The molecule has 0 bridgehead atoms. The van der Waals surface area contributed by atoms with Gasteiger partial charge in [0.25, 0.3) is 0 Å². The molecule has 1 N–H and O–H groups in total. The largest absolute Gasteiger partial charge is 0.465 e. The molecule has 4 heteroatoms. The van der Waals surface area contributed by atoms with Gasteiger partial charge in [0.1, 0.15) is 5.78 Å². The second-order valence-corrected chi connectivity index (χ2v) is 3.51. The van der Waals surface area contributed by atoms with Gasteiger partial charge in [0.15, 0.2) is 0 Å². The van der Waals surface area contributed by atoms with Crippen LogP contribution in [0.2, 0.25) is 0 Å². The lowest BCUT2D eigenvalue weighted by molar-refractivity contribution is -0.122. The summed E-state index contributed by atoms with van der Waals surface area (Å²) in [5.74, 6) is 0.0692. The molecule has 1 heterocycles. The van der Waals surface area contributed by atoms with E-state index in [1.54, 1.807) is 6.08 Å². The lowest BCUT2D eigenvalue weighted by Gasteiger charge is -2.10. The maximum atomic E-state index is 11.5. The number of hydrogen-bond donors (Lipinski definition) is 1. The molecule has 0 unspecified atom stereocenters. The average molecular weight is 197 g/mol. The summed E-state index contributed by atoms with van der Waals surface area (Å²) in [6.45, 7) is 4.40. The van der Waals surface area contributed by atoms with Gasteiger partial charge in [-0.3, -0.25) is 4.79 Å². The van der Waals surface area contributed by atoms with Crippen molar-refractivity contribution >= 4 is 11.9 Å². The Hall–Kier alpha value is -1.32. The van der Waals surface area contributed by atoms with Crippen molar-refractivity contribution < 1.29 is 14.7 Å². The summed E-state index contributed by atoms with van der Waals surface area (Å²) in [4.78, 5) is 23.4. The second kappa shape index (κ2) is 4.79. The number of allylic oxidation sites excluding steroid dienone is 1. The predicted octanol–water partition coefficient (Wildman–Crippen LogP) is 1.52. The Balaban J connectivity index is 2.37. The monoisotopic (exact) mass is 197 g/mol. The summed E-state index contributed by atoms with van der Waals surface area (Å²) in [6.07, 6.45) is 2.62. The zero-order chi connectivity index (χ0) is 10.6. The van der Waals surface area contributed by atoms with Crippen LogP contribution in [0.3, 0.4) is 0 Å². The molecule has 14 heavy (non-hydrogen) atoms. The SMILES string of the molecule is C=CCCC(=O)[C@H]1CCN(C(=O)O)C1. The van der Waals surface area contributed by atoms with Crippen molar-refractivity contribution in [3.05, 3.63) is 12.7 Å². The lowest BCUT2D eigenvalue weighted by atomic mass is 10.00. The minimum Gasteiger partial charge on any atom is -0.465 e. The molecule has 1 aliphatic rings. The number of carbonyl (C=O) groups excluding carboxylic acids is 1. The highest BCUT2D eigenvalue weighted by Crippen LogP contribution is 2.18. The molecular formula is C10H15NO3. The van der Waals surface area contributed by atoms with Crippen molar-refractivity contribution in [3.63, 3.8) is 0 Å². The van der Waals surface area contributed by atoms with Gasteiger partial charge in [-0.05, 0) is 12.8 Å². The van der Waals surface area contributed by atoms with Gasteiger partial charge < -0.3 is 10.0 Å². The van der Waals surface area contributed by atoms with E-state index in [4.69, 9.17) is 5.11 Å². The molecule has 0 radical (unpaired) electrons. The van der Waals surface area contributed by atoms with Gasteiger partial charge in [-0.1, -0.05) is 6.08 Å². The van der Waals surface area contributed by atoms with Crippen LogP contribution in [0.1, 0.15) is 19.3 Å². The molecule has 0 spiro atoms. The van der Waals surface area contributed by atoms with Crippen LogP contribution in [0, 0.1) is 5.92 Å². The minimum atomic E-state index is -0.927. The third-order valence-electron chi connectivity index (χ3n) is 2.51. The van der Waals surface area contributed by atoms with E-state index >= 15 is 0 Å². The fourth-order valence-corrected chi connectivity index (χ4v) is 1.65. The molecule has 4 nitrogen and oxygen atoms in total. The number of likely N-dealkylation sites (tertiary alicyclic amines) is 1. The smallest absolute Gasteiger partial charge is 0.407 e. The first-order valence-corrected chi connectivity index (χ1v) is 4.76. The highest BCUT2D eigenvalue weighted by atomic mass is 16.4. The third-order valence-corrected chi connectivity index (χ3v) is 2.51. The third kappa shape index (κ3) is 2.58. The Morgan fingerprint density at radius 1 is 1.57 bits per heavy atom. The van der Waals surface area contributed by atoms with E-state index in [1.807, 2.05) is 0 Å². The van der Waals surface area contributed by atoms with E-state index in [0.717, 1.165) is 0 Å². The molecule has 1 rings (SSSR count). The molecule has 0 aromatic heterocycles. The van der Waals surface area contributed by atoms with Crippen LogP contribution < -0.4 is 0 Å². The number of ketones is 1. The minimum absolute atomic E-state index is 0.0916. The van der Waals surface area contributed by atoms with Crippen LogP contribution >= 0.6 is 0 Å². The van der Waals surface area contributed by atoms with Gasteiger partial charge in [-0.15, -0.1) is 6.58 Å². The molecule has 0 aliphatic carbocycles. The highest BCUT2D eigenvalue weighted by Gasteiger charge is 2.29. The lowest BCUT2D eigenvalue weighted by Crippen LogP contribution is -2.28. The zero-order valence-electron chi connectivity index (χ0n) is 8.11. The van der Waals surface area contributed by atoms with Gasteiger partial charge in [-0.25, -0.2) is 4.79 Å². The van der Waals surface area contributed by atoms with Crippen LogP contribution in [0.5, 0.6) is 0 Å². The number of carbonyl (C=O) groups is 2. The van der Waals surface area contributed by atoms with E-state index in [1.165, 1.54) is 4.90 Å². The maximum absolute atomic E-state index is 11.5. The fraction of sp³-hybridized carbons (Fsp3) is 0.600. The van der Waals surface area contributed by atoms with Crippen LogP contribution in [0.25, 0.3) is 0 Å². The summed E-state index contributed by atoms with van der Waals surface area (Å²) in [6, 6.07) is 0. The Morgan fingerprint density at radius 2 is 2.29 bits per heavy atom. The first-order chi connectivity index (χ1) is 6.65. The van der Waals surface area contributed by atoms with Crippen LogP contribution in [-0.2, 0) is 4.79 Å². The number of Topliss-reactive ketones (excluding diaryl/α,β-unsaturated/α-hetero) is 1. The molecule has 0 aromatic rings. The quantitative estimate of drug-likeness (QED) is 0.695. The molecular weight excluding hydrogens is 182 g/mol. The van der Waals surface area contributed by atoms with Gasteiger partial charge in [-0.2, -0.15) is 0 Å². The summed E-state index contributed by atoms with van der Waals surface area (Å²) in [5.41, 5.74) is 0. The fourth-order valence-electron chi connectivity index (χ4n) is 1.65. The van der Waals surface area contributed by atoms with Gasteiger partial charge in [0.05, 0.1) is 0 Å². The number of amides is 1. The first kappa shape index (κ1) is 10.8. The molecule has 0 aromatic carbocycles. The second-order valence-electron chi connectivity index (χ2n) is 3.51. The van der Waals surface area contributed by atoms with E-state index < -0.39 is 6.09 Å². The van der Waals surface area contributed by atoms with E-state index in [2.05, 4.69) is 6.58 Å². The van der Waals surface area contributed by atoms with Crippen molar-refractivity contribution in [2.24, 2.45) is 5.92 Å². The highest BCUT2D eigenvalue weighted by molar-refractivity contribution is 5.82. The summed E-state index contributed by atoms with van der Waals surface area (Å²) in [7, 11) is 0. The van der Waals surface area contributed by atoms with Crippen molar-refractivity contribution in [2.75, 3.05) is 13.1 Å². The number of rotatable bonds is 4. The normalized spacial score (nSPS) is 20.9. The molecule has 0 saturated carbocycles. The average Bonchev–Trinajstić information content (AvgIpc) is 2.62. The molecule has 1 atom stereocenters. The first-order valence-electron chi connectivity index (χ1n) is 4.76. The molecule has 1 amide bonds. The van der Waals surface area contributed by atoms with Gasteiger partial charge in [0.2, 0.25) is 0 Å². The number of carboxylic acid groups (broad SMARTS) is 1. The molecule has 1 saturated heterocycles. The Bertz CT molecular complexity index is 250. The molecule has 1 fully saturated rings. The van der Waals surface area contributed by atoms with E-state index in [0.29, 0.717) is 32.4 Å². The Morgan fingerprint density at radius 3 is 2.79 bits per heavy atom. The zero-order valence-corrected chi connectivity index (χ0v) is 8.11. The van der Waals surface area contributed by atoms with Gasteiger partial charge >= 0.3 is 6.09 Å². The van der Waals surface area contributed by atoms with Crippen molar-refractivity contribution in [2.45, 2.75) is 19.3 Å². The maximum Gasteiger partial charge on any atom is 0.407 e. The van der Waals surface area contributed by atoms with Crippen molar-refractivity contribution in [1.29, 1.82) is 0 Å². The van der Waals surface area contributed by atoms with Crippen LogP contribution in [0.15, 0.2) is 12.7 Å². The number of nitrogens with zero attached hydrogens (tertiary/aromatic N) is 1. The predicted molar refractivity (Wildman–Crippen MR) is 52.1 cm³/mol. The van der Waals surface area contributed by atoms with Crippen molar-refractivity contribution in [3.8, 4) is 0 Å². The standard InChI is InChI=1S/C10H15NO3/c1-2-3-4-9(12)8-5-6-11(7-8)10(13)14/h2,8H,1,3-7H2,(H,13,14)/t8-/m0/s1. The van der Waals surface area contributed by atoms with Crippen LogP contribution in [-0.4, -0.2) is 35.0 Å². The van der Waals surface area contributed by atoms with Crippen LogP contribution in [0.4, 0.5) is 4.79 Å². The molecule has 1 aliphatic heterocycles. The number of hydrogen-bond acceptors (Lipinski definition) is 2. The van der Waals surface area contributed by atoms with E-state index in [-0.39, 0.29) is 11.7 Å². The van der Waals surface area contributed by atoms with Crippen molar-refractivity contribution in [1.82, 2.24) is 4.90 Å². The Kier molecular flexibility index (Phi) is 3.68. The molecule has 78 valence electrons. The van der Waals surface area contributed by atoms with Gasteiger partial charge in [0, 0.05) is 25.4 Å². The Labute approximate surface area is 83.2 Å².